The van der Waals surface area contributed by atoms with Crippen LogP contribution in [0.4, 0.5) is 0 Å². The van der Waals surface area contributed by atoms with E-state index in [0.29, 0.717) is 53.3 Å². The fourth-order valence-corrected chi connectivity index (χ4v) is 5.90. The molecule has 0 fully saturated rings. The third-order valence-corrected chi connectivity index (χ3v) is 7.87. The molecule has 0 spiro atoms. The Balaban J connectivity index is 1.63. The molecular formula is C30H24Cl2N2O6S. The molecule has 41 heavy (non-hydrogen) atoms. The predicted molar refractivity (Wildman–Crippen MR) is 157 cm³/mol. The summed E-state index contributed by atoms with van der Waals surface area (Å²) in [5.74, 6) is -0.153. The second-order valence-corrected chi connectivity index (χ2v) is 11.3. The maximum atomic E-state index is 13.8. The first-order valence-corrected chi connectivity index (χ1v) is 14.1. The number of fused-ring (bicyclic) bond motifs is 1. The van der Waals surface area contributed by atoms with E-state index in [1.165, 1.54) is 23.0 Å². The van der Waals surface area contributed by atoms with Gasteiger partial charge in [-0.2, -0.15) is 0 Å². The fraction of sp³-hybridized carbons (Fsp3) is 0.200. The smallest absolute Gasteiger partial charge is 0.338 e. The molecule has 1 atom stereocenters. The summed E-state index contributed by atoms with van der Waals surface area (Å²) in [4.78, 5) is 44.1. The normalized spacial score (nSPS) is 15.1. The standard InChI is InChI=1S/C30H24Cl2N2O6S/c1-15(2)39-29(37)25-16(3)33-30-34(26(25)17-5-7-18(8-6-17)28(36)38-4)27(35)24(41-30)14-20-10-12-23(40-20)21-13-19(31)9-11-22(21)32/h5-15,26H,1-4H3. The molecule has 0 saturated heterocycles. The maximum absolute atomic E-state index is 13.8. The number of hydrogen-bond donors (Lipinski definition) is 0. The summed E-state index contributed by atoms with van der Waals surface area (Å²) in [5, 5.41) is 0.988. The van der Waals surface area contributed by atoms with Crippen molar-refractivity contribution < 1.29 is 23.5 Å². The highest BCUT2D eigenvalue weighted by atomic mass is 35.5. The molecule has 8 nitrogen and oxygen atoms in total. The lowest BCUT2D eigenvalue weighted by atomic mass is 9.95. The van der Waals surface area contributed by atoms with Crippen LogP contribution in [-0.2, 0) is 14.3 Å². The Bertz CT molecular complexity index is 1880. The van der Waals surface area contributed by atoms with Crippen LogP contribution in [0.15, 0.2) is 80.1 Å². The summed E-state index contributed by atoms with van der Waals surface area (Å²) in [6.07, 6.45) is 1.24. The number of carbonyl (C=O) groups is 2. The molecule has 1 aliphatic rings. The van der Waals surface area contributed by atoms with E-state index >= 15 is 0 Å². The highest BCUT2D eigenvalue weighted by Crippen LogP contribution is 2.33. The lowest BCUT2D eigenvalue weighted by Crippen LogP contribution is -2.40. The molecule has 2 aromatic heterocycles. The van der Waals surface area contributed by atoms with Gasteiger partial charge in [0, 0.05) is 16.7 Å². The molecule has 0 amide bonds. The Morgan fingerprint density at radius 2 is 1.80 bits per heavy atom. The van der Waals surface area contributed by atoms with Gasteiger partial charge in [-0.05, 0) is 68.8 Å². The second kappa shape index (κ2) is 11.5. The van der Waals surface area contributed by atoms with Crippen LogP contribution in [0.1, 0.15) is 48.5 Å². The highest BCUT2D eigenvalue weighted by molar-refractivity contribution is 7.07. The predicted octanol–water partition coefficient (Wildman–Crippen LogP) is 5.54. The molecule has 0 radical (unpaired) electrons. The SMILES string of the molecule is COC(=O)c1ccc(C2C(C(=O)OC(C)C)=C(C)N=c3sc(=Cc4ccc(-c5cc(Cl)ccc5Cl)o4)c(=O)n32)cc1. The number of methoxy groups -OCH3 is 1. The highest BCUT2D eigenvalue weighted by Gasteiger charge is 2.34. The summed E-state index contributed by atoms with van der Waals surface area (Å²) in [6.45, 7) is 5.20. The molecule has 1 unspecified atom stereocenters. The molecule has 4 aromatic rings. The number of carbonyl (C=O) groups excluding carboxylic acids is 2. The van der Waals surface area contributed by atoms with Gasteiger partial charge in [0.1, 0.15) is 11.5 Å². The van der Waals surface area contributed by atoms with Gasteiger partial charge in [0.05, 0.1) is 45.6 Å². The van der Waals surface area contributed by atoms with Crippen LogP contribution in [0, 0.1) is 0 Å². The molecule has 11 heteroatoms. The van der Waals surface area contributed by atoms with Crippen LogP contribution in [0.25, 0.3) is 17.4 Å². The van der Waals surface area contributed by atoms with Gasteiger partial charge in [0.2, 0.25) is 0 Å². The minimum Gasteiger partial charge on any atom is -0.465 e. The minimum atomic E-state index is -0.830. The molecule has 0 aliphatic carbocycles. The molecule has 210 valence electrons. The summed E-state index contributed by atoms with van der Waals surface area (Å²) in [6, 6.07) is 14.3. The molecule has 0 N–H and O–H groups in total. The van der Waals surface area contributed by atoms with E-state index in [2.05, 4.69) is 4.99 Å². The van der Waals surface area contributed by atoms with Crippen molar-refractivity contribution in [2.45, 2.75) is 32.9 Å². The van der Waals surface area contributed by atoms with E-state index in [9.17, 15) is 14.4 Å². The van der Waals surface area contributed by atoms with Crippen LogP contribution in [0.3, 0.4) is 0 Å². The van der Waals surface area contributed by atoms with Crippen LogP contribution < -0.4 is 14.9 Å². The number of halogens is 2. The molecule has 5 rings (SSSR count). The number of aromatic nitrogens is 1. The zero-order valence-corrected chi connectivity index (χ0v) is 24.8. The van der Waals surface area contributed by atoms with Crippen molar-refractivity contribution in [3.8, 4) is 11.3 Å². The van der Waals surface area contributed by atoms with Gasteiger partial charge in [-0.3, -0.25) is 9.36 Å². The van der Waals surface area contributed by atoms with Crippen molar-refractivity contribution in [3.63, 3.8) is 0 Å². The van der Waals surface area contributed by atoms with Gasteiger partial charge >= 0.3 is 11.9 Å². The maximum Gasteiger partial charge on any atom is 0.338 e. The zero-order chi connectivity index (χ0) is 29.4. The minimum absolute atomic E-state index is 0.236. The Morgan fingerprint density at radius 3 is 2.49 bits per heavy atom. The number of nitrogens with zero attached hydrogens (tertiary/aromatic N) is 2. The van der Waals surface area contributed by atoms with Crippen molar-refractivity contribution in [1.82, 2.24) is 4.57 Å². The average molecular weight is 612 g/mol. The first-order valence-electron chi connectivity index (χ1n) is 12.5. The van der Waals surface area contributed by atoms with Gasteiger partial charge < -0.3 is 13.9 Å². The van der Waals surface area contributed by atoms with E-state index < -0.39 is 18.0 Å². The van der Waals surface area contributed by atoms with Gasteiger partial charge in [0.25, 0.3) is 5.56 Å². The Kier molecular flexibility index (Phi) is 8.04. The van der Waals surface area contributed by atoms with E-state index in [1.54, 1.807) is 81.4 Å². The zero-order valence-electron chi connectivity index (χ0n) is 22.4. The Morgan fingerprint density at radius 1 is 1.07 bits per heavy atom. The average Bonchev–Trinajstić information content (AvgIpc) is 3.52. The molecule has 2 aromatic carbocycles. The lowest BCUT2D eigenvalue weighted by molar-refractivity contribution is -0.143. The third kappa shape index (κ3) is 5.66. The van der Waals surface area contributed by atoms with E-state index in [1.807, 2.05) is 0 Å². The summed E-state index contributed by atoms with van der Waals surface area (Å²) in [5.41, 5.74) is 1.87. The van der Waals surface area contributed by atoms with Crippen LogP contribution >= 0.6 is 34.5 Å². The quantitative estimate of drug-likeness (QED) is 0.266. The number of thiazole rings is 1. The fourth-order valence-electron chi connectivity index (χ4n) is 4.49. The van der Waals surface area contributed by atoms with Gasteiger partial charge in [-0.15, -0.1) is 0 Å². The number of rotatable bonds is 6. The number of benzene rings is 2. The summed E-state index contributed by atoms with van der Waals surface area (Å²) >= 11 is 13.6. The largest absolute Gasteiger partial charge is 0.465 e. The Hall–Kier alpha value is -3.92. The van der Waals surface area contributed by atoms with Crippen LogP contribution in [0.2, 0.25) is 10.0 Å². The molecule has 0 bridgehead atoms. The van der Waals surface area contributed by atoms with Gasteiger partial charge in [0.15, 0.2) is 4.80 Å². The van der Waals surface area contributed by atoms with E-state index in [4.69, 9.17) is 37.1 Å². The van der Waals surface area contributed by atoms with Crippen molar-refractivity contribution in [2.75, 3.05) is 7.11 Å². The Labute approximate surface area is 248 Å². The van der Waals surface area contributed by atoms with Crippen LogP contribution in [-0.4, -0.2) is 29.7 Å². The number of esters is 2. The van der Waals surface area contributed by atoms with E-state index in [0.717, 1.165) is 0 Å². The van der Waals surface area contributed by atoms with Gasteiger partial charge in [-0.1, -0.05) is 46.7 Å². The number of hydrogen-bond acceptors (Lipinski definition) is 8. The first kappa shape index (κ1) is 28.6. The molecular weight excluding hydrogens is 587 g/mol. The monoisotopic (exact) mass is 610 g/mol. The topological polar surface area (TPSA) is 100 Å². The molecule has 0 saturated carbocycles. The van der Waals surface area contributed by atoms with E-state index in [-0.39, 0.29) is 17.2 Å². The third-order valence-electron chi connectivity index (χ3n) is 6.33. The number of ether oxygens (including phenoxy) is 2. The van der Waals surface area contributed by atoms with Crippen molar-refractivity contribution in [2.24, 2.45) is 4.99 Å². The molecule has 1 aliphatic heterocycles. The van der Waals surface area contributed by atoms with Gasteiger partial charge in [-0.25, -0.2) is 14.6 Å². The lowest BCUT2D eigenvalue weighted by Gasteiger charge is -2.25. The van der Waals surface area contributed by atoms with Crippen LogP contribution in [0.5, 0.6) is 0 Å². The number of allylic oxidation sites excluding steroid dienone is 1. The van der Waals surface area contributed by atoms with Crippen molar-refractivity contribution in [3.05, 3.63) is 112 Å². The van der Waals surface area contributed by atoms with Crippen molar-refractivity contribution >= 4 is 52.6 Å². The van der Waals surface area contributed by atoms with Crippen molar-refractivity contribution in [1.29, 1.82) is 0 Å². The number of furan rings is 1. The first-order chi connectivity index (χ1) is 19.6. The second-order valence-electron chi connectivity index (χ2n) is 9.48. The molecule has 3 heterocycles. The summed E-state index contributed by atoms with van der Waals surface area (Å²) in [7, 11) is 1.30. The summed E-state index contributed by atoms with van der Waals surface area (Å²) < 4.78 is 18.1.